The number of hydrogen-bond acceptors (Lipinski definition) is 9. The van der Waals surface area contributed by atoms with E-state index in [4.69, 9.17) is 19.9 Å². The van der Waals surface area contributed by atoms with Gasteiger partial charge in [0.1, 0.15) is 17.7 Å². The Morgan fingerprint density at radius 3 is 2.05 bits per heavy atom. The lowest BCUT2D eigenvalue weighted by atomic mass is 10.1. The van der Waals surface area contributed by atoms with Crippen molar-refractivity contribution in [1.82, 2.24) is 26.4 Å². The van der Waals surface area contributed by atoms with Gasteiger partial charge < -0.3 is 41.0 Å². The Morgan fingerprint density at radius 2 is 1.52 bits per heavy atom. The highest BCUT2D eigenvalue weighted by Crippen LogP contribution is 2.07. The van der Waals surface area contributed by atoms with Crippen molar-refractivity contribution in [2.24, 2.45) is 5.73 Å². The zero-order valence-corrected chi connectivity index (χ0v) is 25.6. The van der Waals surface area contributed by atoms with Gasteiger partial charge in [0.25, 0.3) is 11.8 Å². The van der Waals surface area contributed by atoms with E-state index < -0.39 is 72.1 Å². The molecule has 0 spiro atoms. The summed E-state index contributed by atoms with van der Waals surface area (Å²) in [4.78, 5) is 74.3. The number of carbonyl (C=O) groups is 6. The number of urea groups is 1. The van der Waals surface area contributed by atoms with Crippen molar-refractivity contribution in [3.05, 3.63) is 0 Å². The summed E-state index contributed by atoms with van der Waals surface area (Å²) in [7, 11) is 1.15. The molecule has 0 bridgehead atoms. The van der Waals surface area contributed by atoms with Gasteiger partial charge in [-0.25, -0.2) is 14.4 Å². The average Bonchev–Trinajstić information content (AvgIpc) is 2.86. The third kappa shape index (κ3) is 16.6. The second kappa shape index (κ2) is 19.5. The predicted octanol–water partition coefficient (Wildman–Crippen LogP) is 0.388. The molecule has 42 heavy (non-hydrogen) atoms. The summed E-state index contributed by atoms with van der Waals surface area (Å²) in [6.07, 6.45) is 0.620. The van der Waals surface area contributed by atoms with Crippen LogP contribution in [0.1, 0.15) is 73.6 Å². The molecule has 0 aliphatic carbocycles. The lowest BCUT2D eigenvalue weighted by Crippen LogP contribution is -2.60. The van der Waals surface area contributed by atoms with Gasteiger partial charge in [-0.1, -0.05) is 26.7 Å². The summed E-state index contributed by atoms with van der Waals surface area (Å²) in [6.45, 7) is 10.7. The van der Waals surface area contributed by atoms with Crippen molar-refractivity contribution in [2.45, 2.75) is 103 Å². The molecule has 0 radical (unpaired) electrons. The van der Waals surface area contributed by atoms with E-state index in [-0.39, 0.29) is 13.2 Å². The number of nitrogens with two attached hydrogens (primary N) is 1. The van der Waals surface area contributed by atoms with Gasteiger partial charge >= 0.3 is 18.1 Å². The van der Waals surface area contributed by atoms with Crippen LogP contribution in [0.25, 0.3) is 0 Å². The molecule has 6 amide bonds. The largest absolute Gasteiger partial charge is 0.480 e. The van der Waals surface area contributed by atoms with E-state index in [0.29, 0.717) is 24.5 Å². The number of nitrogens with zero attached hydrogens (tertiary/aromatic N) is 1. The van der Waals surface area contributed by atoms with Crippen LogP contribution in [0.2, 0.25) is 0 Å². The average molecular weight is 605 g/mol. The highest BCUT2D eigenvalue weighted by molar-refractivity contribution is 5.94. The van der Waals surface area contributed by atoms with Crippen molar-refractivity contribution in [3.63, 3.8) is 0 Å². The molecule has 0 fully saturated rings. The molecule has 16 nitrogen and oxygen atoms in total. The van der Waals surface area contributed by atoms with Gasteiger partial charge in [-0.3, -0.25) is 24.8 Å². The molecule has 242 valence electrons. The lowest BCUT2D eigenvalue weighted by Gasteiger charge is -2.28. The van der Waals surface area contributed by atoms with Crippen molar-refractivity contribution in [3.8, 4) is 0 Å². The summed E-state index contributed by atoms with van der Waals surface area (Å²) in [5.41, 5.74) is 6.69. The molecule has 0 saturated heterocycles. The molecule has 0 saturated carbocycles. The molecule has 16 heteroatoms. The monoisotopic (exact) mass is 604 g/mol. The summed E-state index contributed by atoms with van der Waals surface area (Å²) >= 11 is 0. The van der Waals surface area contributed by atoms with Gasteiger partial charge in [0.2, 0.25) is 5.91 Å². The maximum atomic E-state index is 13.1. The Bertz CT molecular complexity index is 910. The molecule has 0 aliphatic rings. The van der Waals surface area contributed by atoms with Gasteiger partial charge in [0, 0.05) is 20.3 Å². The van der Waals surface area contributed by atoms with Crippen LogP contribution in [-0.4, -0.2) is 103 Å². The number of likely N-dealkylation sites (N-methyl/N-ethyl adjacent to an activating group) is 1. The first kappa shape index (κ1) is 38.3. The number of amides is 6. The molecule has 0 aromatic heterocycles. The van der Waals surface area contributed by atoms with Gasteiger partial charge in [-0.05, 0) is 40.5 Å². The third-order valence-corrected chi connectivity index (χ3v) is 5.45. The zero-order valence-electron chi connectivity index (χ0n) is 25.6. The number of alkyl carbamates (subject to hydrolysis) is 1. The van der Waals surface area contributed by atoms with Gasteiger partial charge in [-0.2, -0.15) is 0 Å². The number of hydrogen-bond donors (Lipinski definition) is 6. The number of hydrazine groups is 1. The second-order valence-electron chi connectivity index (χ2n) is 10.6. The summed E-state index contributed by atoms with van der Waals surface area (Å²) in [6, 6.07) is -5.38. The maximum absolute atomic E-state index is 13.1. The molecule has 0 aromatic rings. The van der Waals surface area contributed by atoms with E-state index in [2.05, 4.69) is 21.4 Å². The molecule has 4 atom stereocenters. The molecule has 0 heterocycles. The number of carbonyl (C=O) groups excluding carboxylic acids is 5. The van der Waals surface area contributed by atoms with Gasteiger partial charge in [-0.15, -0.1) is 0 Å². The van der Waals surface area contributed by atoms with E-state index >= 15 is 0 Å². The van der Waals surface area contributed by atoms with Crippen LogP contribution in [0.15, 0.2) is 0 Å². The molecular formula is C26H48N6O10. The van der Waals surface area contributed by atoms with Crippen LogP contribution < -0.4 is 27.1 Å². The van der Waals surface area contributed by atoms with E-state index in [1.165, 1.54) is 6.92 Å². The number of aliphatic carboxylic acids is 1. The smallest absolute Gasteiger partial charge is 0.408 e. The number of ether oxygens (including phenoxy) is 3. The topological polar surface area (TPSA) is 228 Å². The van der Waals surface area contributed by atoms with E-state index in [1.54, 1.807) is 20.8 Å². The van der Waals surface area contributed by atoms with Crippen LogP contribution in [0, 0.1) is 0 Å². The van der Waals surface area contributed by atoms with Crippen molar-refractivity contribution in [2.75, 3.05) is 26.9 Å². The van der Waals surface area contributed by atoms with Crippen molar-refractivity contribution < 1.29 is 48.1 Å². The summed E-state index contributed by atoms with van der Waals surface area (Å²) in [5, 5.41) is 17.1. The fourth-order valence-corrected chi connectivity index (χ4v) is 3.24. The van der Waals surface area contributed by atoms with E-state index in [9.17, 15) is 33.9 Å². The Hall–Kier alpha value is -3.66. The minimum atomic E-state index is -1.57. The molecule has 0 aromatic carbocycles. The van der Waals surface area contributed by atoms with Crippen LogP contribution >= 0.6 is 0 Å². The SMILES string of the molecule is CCCCOC[C@H](NC(=O)OC(C)(C)C)C(=O)NN(C)C(=O)[C@H](CC(N)=O)NC(=O)N[C@H](C(=O)O)C(C)OCCCC. The number of rotatable bonds is 18. The Labute approximate surface area is 246 Å². The number of unbranched alkanes of at least 4 members (excludes halogenated alkanes) is 2. The first-order valence-corrected chi connectivity index (χ1v) is 13.9. The quantitative estimate of drug-likeness (QED) is 0.0931. The molecule has 1 unspecified atom stereocenters. The first-order chi connectivity index (χ1) is 19.5. The van der Waals surface area contributed by atoms with Crippen molar-refractivity contribution >= 4 is 35.8 Å². The van der Waals surface area contributed by atoms with Crippen LogP contribution in [0.4, 0.5) is 9.59 Å². The Morgan fingerprint density at radius 1 is 0.929 bits per heavy atom. The lowest BCUT2D eigenvalue weighted by molar-refractivity contribution is -0.143. The van der Waals surface area contributed by atoms with E-state index in [1.807, 2.05) is 13.8 Å². The van der Waals surface area contributed by atoms with Gasteiger partial charge in [0.15, 0.2) is 6.04 Å². The maximum Gasteiger partial charge on any atom is 0.408 e. The zero-order chi connectivity index (χ0) is 32.5. The molecule has 7 N–H and O–H groups in total. The number of carboxylic acid groups (broad SMARTS) is 1. The molecular weight excluding hydrogens is 556 g/mol. The number of primary amides is 1. The summed E-state index contributed by atoms with van der Waals surface area (Å²) in [5.74, 6) is -4.13. The fourth-order valence-electron chi connectivity index (χ4n) is 3.24. The summed E-state index contributed by atoms with van der Waals surface area (Å²) < 4.78 is 16.1. The number of carboxylic acids is 1. The predicted molar refractivity (Wildman–Crippen MR) is 151 cm³/mol. The van der Waals surface area contributed by atoms with Crippen molar-refractivity contribution in [1.29, 1.82) is 0 Å². The molecule has 0 rings (SSSR count). The van der Waals surface area contributed by atoms with Crippen LogP contribution in [0.5, 0.6) is 0 Å². The number of nitrogens with one attached hydrogen (secondary N) is 4. The second-order valence-corrected chi connectivity index (χ2v) is 10.6. The minimum absolute atomic E-state index is 0.229. The van der Waals surface area contributed by atoms with Crippen LogP contribution in [0.3, 0.4) is 0 Å². The normalized spacial score (nSPS) is 14.0. The highest BCUT2D eigenvalue weighted by atomic mass is 16.6. The Kier molecular flexibility index (Phi) is 17.8. The minimum Gasteiger partial charge on any atom is -0.480 e. The highest BCUT2D eigenvalue weighted by Gasteiger charge is 2.32. The first-order valence-electron chi connectivity index (χ1n) is 13.9. The third-order valence-electron chi connectivity index (χ3n) is 5.45. The van der Waals surface area contributed by atoms with E-state index in [0.717, 1.165) is 19.9 Å². The fraction of sp³-hybridized carbons (Fsp3) is 0.769. The van der Waals surface area contributed by atoms with Crippen LogP contribution in [-0.2, 0) is 33.4 Å². The van der Waals surface area contributed by atoms with Gasteiger partial charge in [0.05, 0.1) is 19.1 Å². The molecule has 0 aliphatic heterocycles. The Balaban J connectivity index is 5.53. The standard InChI is InChI=1S/C26H48N6O10/c1-8-10-12-40-15-18(29-25(39)42-26(4,5)6)21(34)31-32(7)22(35)17(14-19(27)33)28-24(38)30-20(23(36)37)16(3)41-13-11-9-2/h16-18,20H,8-15H2,1-7H3,(H2,27,33)(H,29,39)(H,31,34)(H,36,37)(H2,28,30,38)/t16?,17-,18-,20-/m0/s1.